The number of nitrogens with zero attached hydrogens (tertiary/aromatic N) is 1. The Balaban J connectivity index is 1.66. The minimum atomic E-state index is 0.113. The molecule has 0 radical (unpaired) electrons. The Morgan fingerprint density at radius 1 is 1.21 bits per heavy atom. The van der Waals surface area contributed by atoms with E-state index in [2.05, 4.69) is 6.92 Å². The molecule has 3 heteroatoms. The molecule has 0 saturated heterocycles. The maximum absolute atomic E-state index is 12.5. The molecular formula is C16H20ClNO. The van der Waals surface area contributed by atoms with Gasteiger partial charge in [-0.1, -0.05) is 23.7 Å². The van der Waals surface area contributed by atoms with Gasteiger partial charge in [-0.25, -0.2) is 0 Å². The number of benzene rings is 1. The molecule has 2 aliphatic rings. The number of rotatable bonds is 3. The Hall–Kier alpha value is -1.02. The summed E-state index contributed by atoms with van der Waals surface area (Å²) in [6, 6.07) is 7.89. The molecule has 3 unspecified atom stereocenters. The van der Waals surface area contributed by atoms with Crippen molar-refractivity contribution in [3.05, 3.63) is 34.9 Å². The SMILES string of the molecule is CC(c1ccc(Cl)cc1)N(C)C(=O)C1CC2CC2C1. The first-order valence-corrected chi connectivity index (χ1v) is 7.46. The van der Waals surface area contributed by atoms with E-state index >= 15 is 0 Å². The van der Waals surface area contributed by atoms with E-state index in [1.807, 2.05) is 36.2 Å². The van der Waals surface area contributed by atoms with Gasteiger partial charge < -0.3 is 4.90 Å². The third-order valence-corrected chi connectivity index (χ3v) is 5.13. The summed E-state index contributed by atoms with van der Waals surface area (Å²) in [6.45, 7) is 2.08. The molecule has 1 aromatic carbocycles. The lowest BCUT2D eigenvalue weighted by Crippen LogP contribution is -2.34. The van der Waals surface area contributed by atoms with Gasteiger partial charge in [0.2, 0.25) is 5.91 Å². The van der Waals surface area contributed by atoms with E-state index in [9.17, 15) is 4.79 Å². The van der Waals surface area contributed by atoms with Crippen molar-refractivity contribution < 1.29 is 4.79 Å². The van der Waals surface area contributed by atoms with Crippen LogP contribution < -0.4 is 0 Å². The van der Waals surface area contributed by atoms with Gasteiger partial charge >= 0.3 is 0 Å². The van der Waals surface area contributed by atoms with Gasteiger partial charge in [-0.05, 0) is 55.7 Å². The molecule has 3 atom stereocenters. The topological polar surface area (TPSA) is 20.3 Å². The molecule has 1 amide bonds. The van der Waals surface area contributed by atoms with Crippen molar-refractivity contribution in [2.75, 3.05) is 7.05 Å². The summed E-state index contributed by atoms with van der Waals surface area (Å²) in [7, 11) is 1.92. The van der Waals surface area contributed by atoms with Crippen LogP contribution in [0.3, 0.4) is 0 Å². The minimum absolute atomic E-state index is 0.113. The average molecular weight is 278 g/mol. The van der Waals surface area contributed by atoms with Crippen LogP contribution in [0.25, 0.3) is 0 Å². The monoisotopic (exact) mass is 277 g/mol. The van der Waals surface area contributed by atoms with E-state index in [1.165, 1.54) is 6.42 Å². The molecule has 0 bridgehead atoms. The summed E-state index contributed by atoms with van der Waals surface area (Å²) in [6.07, 6.45) is 3.59. The Bertz CT molecular complexity index is 474. The van der Waals surface area contributed by atoms with Crippen molar-refractivity contribution >= 4 is 17.5 Å². The number of hydrogen-bond donors (Lipinski definition) is 0. The molecule has 2 aliphatic carbocycles. The van der Waals surface area contributed by atoms with Gasteiger partial charge in [0.1, 0.15) is 0 Å². The standard InChI is InChI=1S/C16H20ClNO/c1-10(11-3-5-15(17)6-4-11)18(2)16(19)14-8-12-7-13(12)9-14/h3-6,10,12-14H,7-9H2,1-2H3. The van der Waals surface area contributed by atoms with Gasteiger partial charge in [0, 0.05) is 18.0 Å². The number of amides is 1. The highest BCUT2D eigenvalue weighted by Gasteiger charge is 2.48. The molecule has 3 rings (SSSR count). The number of hydrogen-bond acceptors (Lipinski definition) is 1. The van der Waals surface area contributed by atoms with E-state index in [1.54, 1.807) is 0 Å². The highest BCUT2D eigenvalue weighted by molar-refractivity contribution is 6.30. The maximum atomic E-state index is 12.5. The molecule has 19 heavy (non-hydrogen) atoms. The summed E-state index contributed by atoms with van der Waals surface area (Å²) in [5, 5.41) is 0.737. The van der Waals surface area contributed by atoms with Crippen LogP contribution in [-0.2, 0) is 4.79 Å². The van der Waals surface area contributed by atoms with Crippen LogP contribution in [0, 0.1) is 17.8 Å². The van der Waals surface area contributed by atoms with Gasteiger partial charge in [0.05, 0.1) is 6.04 Å². The highest BCUT2D eigenvalue weighted by Crippen LogP contribution is 2.54. The lowest BCUT2D eigenvalue weighted by Gasteiger charge is -2.28. The predicted molar refractivity (Wildman–Crippen MR) is 77.0 cm³/mol. The summed E-state index contributed by atoms with van der Waals surface area (Å²) in [5.74, 6) is 2.29. The summed E-state index contributed by atoms with van der Waals surface area (Å²) < 4.78 is 0. The van der Waals surface area contributed by atoms with Crippen LogP contribution in [0.4, 0.5) is 0 Å². The molecule has 0 N–H and O–H groups in total. The van der Waals surface area contributed by atoms with E-state index < -0.39 is 0 Å². The van der Waals surface area contributed by atoms with E-state index in [4.69, 9.17) is 11.6 Å². The normalized spacial score (nSPS) is 29.7. The Labute approximate surface area is 119 Å². The first-order valence-electron chi connectivity index (χ1n) is 7.08. The number of fused-ring (bicyclic) bond motifs is 1. The van der Waals surface area contributed by atoms with Crippen molar-refractivity contribution in [1.29, 1.82) is 0 Å². The molecule has 0 heterocycles. The van der Waals surface area contributed by atoms with Crippen molar-refractivity contribution in [2.24, 2.45) is 17.8 Å². The Kier molecular flexibility index (Phi) is 3.30. The molecule has 2 saturated carbocycles. The van der Waals surface area contributed by atoms with Crippen LogP contribution in [0.5, 0.6) is 0 Å². The van der Waals surface area contributed by atoms with Gasteiger partial charge in [0.15, 0.2) is 0 Å². The predicted octanol–water partition coefficient (Wildman–Crippen LogP) is 3.91. The zero-order valence-corrected chi connectivity index (χ0v) is 12.2. The molecule has 102 valence electrons. The Morgan fingerprint density at radius 2 is 1.79 bits per heavy atom. The lowest BCUT2D eigenvalue weighted by molar-refractivity contribution is -0.136. The summed E-state index contributed by atoms with van der Waals surface area (Å²) in [5.41, 5.74) is 1.14. The second-order valence-electron chi connectivity index (χ2n) is 6.10. The number of carbonyl (C=O) groups excluding carboxylic acids is 1. The lowest BCUT2D eigenvalue weighted by atomic mass is 10.00. The maximum Gasteiger partial charge on any atom is 0.225 e. The first-order chi connectivity index (χ1) is 9.06. The molecule has 2 fully saturated rings. The zero-order valence-electron chi connectivity index (χ0n) is 11.5. The molecule has 0 aromatic heterocycles. The van der Waals surface area contributed by atoms with Gasteiger partial charge in [-0.3, -0.25) is 4.79 Å². The van der Waals surface area contributed by atoms with Crippen molar-refractivity contribution in [1.82, 2.24) is 4.90 Å². The Morgan fingerprint density at radius 3 is 2.37 bits per heavy atom. The second-order valence-corrected chi connectivity index (χ2v) is 6.54. The van der Waals surface area contributed by atoms with E-state index in [0.717, 1.165) is 35.3 Å². The van der Waals surface area contributed by atoms with Crippen LogP contribution in [0.15, 0.2) is 24.3 Å². The van der Waals surface area contributed by atoms with Crippen LogP contribution in [0.2, 0.25) is 5.02 Å². The first kappa shape index (κ1) is 13.0. The third kappa shape index (κ3) is 2.51. The molecule has 1 aromatic rings. The van der Waals surface area contributed by atoms with E-state index in [0.29, 0.717) is 5.91 Å². The van der Waals surface area contributed by atoms with Crippen LogP contribution >= 0.6 is 11.6 Å². The van der Waals surface area contributed by atoms with Crippen LogP contribution in [0.1, 0.15) is 37.8 Å². The fourth-order valence-corrected chi connectivity index (χ4v) is 3.49. The smallest absolute Gasteiger partial charge is 0.225 e. The van der Waals surface area contributed by atoms with E-state index in [-0.39, 0.29) is 12.0 Å². The van der Waals surface area contributed by atoms with Gasteiger partial charge in [-0.2, -0.15) is 0 Å². The fourth-order valence-electron chi connectivity index (χ4n) is 3.36. The minimum Gasteiger partial charge on any atom is -0.339 e. The summed E-state index contributed by atoms with van der Waals surface area (Å²) >= 11 is 5.90. The largest absolute Gasteiger partial charge is 0.339 e. The van der Waals surface area contributed by atoms with Crippen molar-refractivity contribution in [3.8, 4) is 0 Å². The highest BCUT2D eigenvalue weighted by atomic mass is 35.5. The second kappa shape index (κ2) is 4.82. The quantitative estimate of drug-likeness (QED) is 0.820. The number of carbonyl (C=O) groups is 1. The molecule has 0 aliphatic heterocycles. The van der Waals surface area contributed by atoms with Gasteiger partial charge in [-0.15, -0.1) is 0 Å². The molecule has 0 spiro atoms. The average Bonchev–Trinajstić information content (AvgIpc) is 3.03. The zero-order chi connectivity index (χ0) is 13.6. The number of halogens is 1. The summed E-state index contributed by atoms with van der Waals surface area (Å²) in [4.78, 5) is 14.4. The third-order valence-electron chi connectivity index (χ3n) is 4.87. The van der Waals surface area contributed by atoms with Gasteiger partial charge in [0.25, 0.3) is 0 Å². The van der Waals surface area contributed by atoms with Crippen molar-refractivity contribution in [2.45, 2.75) is 32.2 Å². The molecule has 2 nitrogen and oxygen atoms in total. The van der Waals surface area contributed by atoms with Crippen molar-refractivity contribution in [3.63, 3.8) is 0 Å². The molecular weight excluding hydrogens is 258 g/mol. The van der Waals surface area contributed by atoms with Crippen LogP contribution in [-0.4, -0.2) is 17.9 Å². The fraction of sp³-hybridized carbons (Fsp3) is 0.562.